The number of fused-ring (bicyclic) bond motifs is 1. The summed E-state index contributed by atoms with van der Waals surface area (Å²) in [5.41, 5.74) is 2.19. The van der Waals surface area contributed by atoms with Gasteiger partial charge in [0, 0.05) is 38.5 Å². The number of carbonyl (C=O) groups excluding carboxylic acids is 1. The van der Waals surface area contributed by atoms with Crippen LogP contribution in [-0.4, -0.2) is 41.4 Å². The van der Waals surface area contributed by atoms with E-state index < -0.39 is 0 Å². The van der Waals surface area contributed by atoms with Crippen LogP contribution in [0.3, 0.4) is 0 Å². The standard InChI is InChI=1S/C17H24N4O/c1-12-6-4-5-7-13(12)17(22)21-9-8-15-14(10-21)16(20(2)3)19-11-18-15/h4-5,11-13H,6-10H2,1-3H3/t12-,13-/m1/s1. The molecular weight excluding hydrogens is 276 g/mol. The third-order valence-electron chi connectivity index (χ3n) is 4.78. The molecule has 1 aromatic rings. The van der Waals surface area contributed by atoms with Gasteiger partial charge >= 0.3 is 0 Å². The highest BCUT2D eigenvalue weighted by Gasteiger charge is 2.32. The molecule has 0 spiro atoms. The lowest BCUT2D eigenvalue weighted by atomic mass is 9.83. The lowest BCUT2D eigenvalue weighted by Gasteiger charge is -2.35. The molecule has 1 aliphatic carbocycles. The summed E-state index contributed by atoms with van der Waals surface area (Å²) in [5.74, 6) is 1.77. The molecule has 0 saturated carbocycles. The van der Waals surface area contributed by atoms with Crippen molar-refractivity contribution in [3.8, 4) is 0 Å². The van der Waals surface area contributed by atoms with E-state index in [1.807, 2.05) is 23.9 Å². The first-order chi connectivity index (χ1) is 10.6. The summed E-state index contributed by atoms with van der Waals surface area (Å²) in [6.45, 7) is 3.58. The monoisotopic (exact) mass is 300 g/mol. The Morgan fingerprint density at radius 1 is 1.27 bits per heavy atom. The van der Waals surface area contributed by atoms with Gasteiger partial charge in [0.1, 0.15) is 12.1 Å². The number of allylic oxidation sites excluding steroid dienone is 2. The van der Waals surface area contributed by atoms with Gasteiger partial charge in [0.25, 0.3) is 0 Å². The normalized spacial score (nSPS) is 24.0. The molecule has 0 unspecified atom stereocenters. The van der Waals surface area contributed by atoms with Gasteiger partial charge in [-0.15, -0.1) is 0 Å². The third-order valence-corrected chi connectivity index (χ3v) is 4.78. The second-order valence-electron chi connectivity index (χ2n) is 6.55. The van der Waals surface area contributed by atoms with Crippen LogP contribution < -0.4 is 4.90 Å². The molecule has 0 saturated heterocycles. The minimum Gasteiger partial charge on any atom is -0.362 e. The first-order valence-electron chi connectivity index (χ1n) is 8.01. The van der Waals surface area contributed by atoms with Crippen molar-refractivity contribution in [2.24, 2.45) is 11.8 Å². The third kappa shape index (κ3) is 2.72. The van der Waals surface area contributed by atoms with Crippen LogP contribution in [0.1, 0.15) is 31.0 Å². The van der Waals surface area contributed by atoms with Crippen LogP contribution in [0.25, 0.3) is 0 Å². The van der Waals surface area contributed by atoms with E-state index in [1.54, 1.807) is 6.33 Å². The van der Waals surface area contributed by atoms with Crippen LogP contribution in [0, 0.1) is 11.8 Å². The maximum atomic E-state index is 12.9. The van der Waals surface area contributed by atoms with Crippen LogP contribution in [0.4, 0.5) is 5.82 Å². The van der Waals surface area contributed by atoms with E-state index in [0.29, 0.717) is 12.5 Å². The van der Waals surface area contributed by atoms with Gasteiger partial charge in [-0.05, 0) is 18.8 Å². The zero-order valence-electron chi connectivity index (χ0n) is 13.6. The maximum Gasteiger partial charge on any atom is 0.226 e. The average Bonchev–Trinajstić information content (AvgIpc) is 2.53. The van der Waals surface area contributed by atoms with E-state index in [9.17, 15) is 4.79 Å². The van der Waals surface area contributed by atoms with E-state index in [-0.39, 0.29) is 11.8 Å². The van der Waals surface area contributed by atoms with Gasteiger partial charge in [-0.2, -0.15) is 0 Å². The van der Waals surface area contributed by atoms with Crippen molar-refractivity contribution >= 4 is 11.7 Å². The Hall–Kier alpha value is -1.91. The van der Waals surface area contributed by atoms with Crippen LogP contribution in [0.5, 0.6) is 0 Å². The number of nitrogens with zero attached hydrogens (tertiary/aromatic N) is 4. The summed E-state index contributed by atoms with van der Waals surface area (Å²) >= 11 is 0. The van der Waals surface area contributed by atoms with Crippen LogP contribution >= 0.6 is 0 Å². The lowest BCUT2D eigenvalue weighted by molar-refractivity contribution is -0.138. The maximum absolute atomic E-state index is 12.9. The second kappa shape index (κ2) is 6.07. The van der Waals surface area contributed by atoms with E-state index in [4.69, 9.17) is 0 Å². The van der Waals surface area contributed by atoms with Crippen molar-refractivity contribution in [3.63, 3.8) is 0 Å². The summed E-state index contributed by atoms with van der Waals surface area (Å²) in [6.07, 6.45) is 8.66. The topological polar surface area (TPSA) is 49.3 Å². The molecule has 1 aromatic heterocycles. The van der Waals surface area contributed by atoms with Crippen molar-refractivity contribution in [1.29, 1.82) is 0 Å². The number of hydrogen-bond donors (Lipinski definition) is 0. The van der Waals surface area contributed by atoms with E-state index >= 15 is 0 Å². The average molecular weight is 300 g/mol. The van der Waals surface area contributed by atoms with Crippen LogP contribution in [-0.2, 0) is 17.8 Å². The Labute approximate surface area is 132 Å². The largest absolute Gasteiger partial charge is 0.362 e. The highest BCUT2D eigenvalue weighted by Crippen LogP contribution is 2.30. The summed E-state index contributed by atoms with van der Waals surface area (Å²) in [4.78, 5) is 25.7. The molecule has 22 heavy (non-hydrogen) atoms. The van der Waals surface area contributed by atoms with Crippen molar-refractivity contribution in [2.75, 3.05) is 25.5 Å². The zero-order chi connectivity index (χ0) is 15.7. The van der Waals surface area contributed by atoms with Gasteiger partial charge in [-0.25, -0.2) is 9.97 Å². The van der Waals surface area contributed by atoms with Gasteiger partial charge in [0.2, 0.25) is 5.91 Å². The van der Waals surface area contributed by atoms with Crippen molar-refractivity contribution in [3.05, 3.63) is 29.7 Å². The quantitative estimate of drug-likeness (QED) is 0.784. The van der Waals surface area contributed by atoms with Gasteiger partial charge in [-0.1, -0.05) is 19.1 Å². The van der Waals surface area contributed by atoms with Crippen LogP contribution in [0.2, 0.25) is 0 Å². The highest BCUT2D eigenvalue weighted by molar-refractivity contribution is 5.80. The van der Waals surface area contributed by atoms with Gasteiger partial charge in [0.15, 0.2) is 0 Å². The highest BCUT2D eigenvalue weighted by atomic mass is 16.2. The Kier molecular flexibility index (Phi) is 4.14. The molecule has 1 amide bonds. The molecule has 0 bridgehead atoms. The fraction of sp³-hybridized carbons (Fsp3) is 0.588. The number of hydrogen-bond acceptors (Lipinski definition) is 4. The number of anilines is 1. The summed E-state index contributed by atoms with van der Waals surface area (Å²) < 4.78 is 0. The number of amides is 1. The molecule has 2 heterocycles. The van der Waals surface area contributed by atoms with Crippen molar-refractivity contribution in [1.82, 2.24) is 14.9 Å². The van der Waals surface area contributed by atoms with Gasteiger partial charge < -0.3 is 9.80 Å². The van der Waals surface area contributed by atoms with E-state index in [2.05, 4.69) is 29.0 Å². The summed E-state index contributed by atoms with van der Waals surface area (Å²) in [5, 5.41) is 0. The Bertz CT molecular complexity index is 596. The van der Waals surface area contributed by atoms with E-state index in [0.717, 1.165) is 42.9 Å². The van der Waals surface area contributed by atoms with E-state index in [1.165, 1.54) is 0 Å². The smallest absolute Gasteiger partial charge is 0.226 e. The first kappa shape index (κ1) is 15.0. The molecule has 2 aliphatic rings. The fourth-order valence-corrected chi connectivity index (χ4v) is 3.43. The Balaban J connectivity index is 1.82. The van der Waals surface area contributed by atoms with Crippen molar-refractivity contribution < 1.29 is 4.79 Å². The zero-order valence-corrected chi connectivity index (χ0v) is 13.6. The molecule has 3 rings (SSSR count). The van der Waals surface area contributed by atoms with Crippen LogP contribution in [0.15, 0.2) is 18.5 Å². The SMILES string of the molecule is C[C@@H]1CC=CC[C@H]1C(=O)N1CCc2ncnc(N(C)C)c2C1. The van der Waals surface area contributed by atoms with Crippen molar-refractivity contribution in [2.45, 2.75) is 32.7 Å². The van der Waals surface area contributed by atoms with Gasteiger partial charge in [-0.3, -0.25) is 4.79 Å². The molecule has 0 fully saturated rings. The molecule has 2 atom stereocenters. The second-order valence-corrected chi connectivity index (χ2v) is 6.55. The fourth-order valence-electron chi connectivity index (χ4n) is 3.43. The lowest BCUT2D eigenvalue weighted by Crippen LogP contribution is -2.42. The minimum absolute atomic E-state index is 0.124. The molecule has 5 nitrogen and oxygen atoms in total. The predicted octanol–water partition coefficient (Wildman–Crippen LogP) is 2.03. The molecule has 0 radical (unpaired) electrons. The number of carbonyl (C=O) groups is 1. The molecular formula is C17H24N4O. The Morgan fingerprint density at radius 3 is 2.77 bits per heavy atom. The van der Waals surface area contributed by atoms with Gasteiger partial charge in [0.05, 0.1) is 12.2 Å². The molecule has 0 aromatic carbocycles. The minimum atomic E-state index is 0.124. The number of rotatable bonds is 2. The summed E-state index contributed by atoms with van der Waals surface area (Å²) in [7, 11) is 3.97. The molecule has 0 N–H and O–H groups in total. The molecule has 118 valence electrons. The Morgan fingerprint density at radius 2 is 2.05 bits per heavy atom. The summed E-state index contributed by atoms with van der Waals surface area (Å²) in [6, 6.07) is 0. The first-order valence-corrected chi connectivity index (χ1v) is 8.01. The number of aromatic nitrogens is 2. The predicted molar refractivity (Wildman–Crippen MR) is 86.5 cm³/mol. The molecule has 5 heteroatoms. The molecule has 1 aliphatic heterocycles.